The first-order chi connectivity index (χ1) is 13.2. The summed E-state index contributed by atoms with van der Waals surface area (Å²) in [6.45, 7) is 5.66. The van der Waals surface area contributed by atoms with Gasteiger partial charge in [0.2, 0.25) is 6.29 Å². The van der Waals surface area contributed by atoms with Crippen LogP contribution < -0.4 is 5.32 Å². The number of esters is 1. The number of hydrogen-bond donors (Lipinski definition) is 1. The molecule has 1 aliphatic rings. The van der Waals surface area contributed by atoms with Crippen molar-refractivity contribution in [1.29, 1.82) is 0 Å². The van der Waals surface area contributed by atoms with Gasteiger partial charge in [-0.2, -0.15) is 13.2 Å². The maximum absolute atomic E-state index is 12.4. The third-order valence-electron chi connectivity index (χ3n) is 4.95. The van der Waals surface area contributed by atoms with Gasteiger partial charge in [-0.25, -0.2) is 9.59 Å². The second kappa shape index (κ2) is 9.45. The Morgan fingerprint density at radius 2 is 1.72 bits per heavy atom. The molecule has 0 aromatic carbocycles. The van der Waals surface area contributed by atoms with Gasteiger partial charge in [0.05, 0.1) is 0 Å². The van der Waals surface area contributed by atoms with Crippen molar-refractivity contribution >= 4 is 23.8 Å². The number of alkyl halides is 3. The molecule has 1 aliphatic carbocycles. The number of carbonyl (C=O) groups excluding carboxylic acids is 4. The summed E-state index contributed by atoms with van der Waals surface area (Å²) in [5, 5.41) is 1.57. The van der Waals surface area contributed by atoms with Crippen LogP contribution in [-0.2, 0) is 23.9 Å². The summed E-state index contributed by atoms with van der Waals surface area (Å²) < 4.78 is 47.2. The van der Waals surface area contributed by atoms with Crippen molar-refractivity contribution < 1.29 is 41.8 Å². The number of ketones is 1. The van der Waals surface area contributed by atoms with E-state index < -0.39 is 47.9 Å². The molecule has 0 heterocycles. The van der Waals surface area contributed by atoms with E-state index in [1.807, 2.05) is 0 Å². The topological polar surface area (TPSA) is 102 Å². The Kier molecular flexibility index (Phi) is 8.05. The van der Waals surface area contributed by atoms with Crippen LogP contribution in [0.4, 0.5) is 18.0 Å². The quantitative estimate of drug-likeness (QED) is 0.519. The monoisotopic (exact) mass is 424 g/mol. The Bertz CT molecular complexity index is 652. The van der Waals surface area contributed by atoms with Gasteiger partial charge in [0.25, 0.3) is 0 Å². The second-order valence-electron chi connectivity index (χ2n) is 7.54. The average Bonchev–Trinajstić information content (AvgIpc) is 2.59. The predicted molar refractivity (Wildman–Crippen MR) is 94.5 cm³/mol. The van der Waals surface area contributed by atoms with E-state index >= 15 is 0 Å². The highest BCUT2D eigenvalue weighted by molar-refractivity contribution is 5.92. The molecule has 0 radical (unpaired) electrons. The maximum Gasteiger partial charge on any atom is 0.471 e. The van der Waals surface area contributed by atoms with Gasteiger partial charge in [-0.05, 0) is 25.7 Å². The summed E-state index contributed by atoms with van der Waals surface area (Å²) in [4.78, 5) is 48.9. The molecule has 29 heavy (non-hydrogen) atoms. The summed E-state index contributed by atoms with van der Waals surface area (Å²) in [6.07, 6.45) is -5.20. The van der Waals surface area contributed by atoms with Crippen LogP contribution in [0.3, 0.4) is 0 Å². The van der Waals surface area contributed by atoms with Crippen molar-refractivity contribution in [2.75, 3.05) is 7.05 Å². The summed E-state index contributed by atoms with van der Waals surface area (Å²) in [6, 6.07) is -1.58. The lowest BCUT2D eigenvalue weighted by Gasteiger charge is -2.39. The summed E-state index contributed by atoms with van der Waals surface area (Å²) in [5.41, 5.74) is -1.04. The van der Waals surface area contributed by atoms with E-state index in [1.165, 1.54) is 27.8 Å². The van der Waals surface area contributed by atoms with Gasteiger partial charge in [0.15, 0.2) is 5.78 Å². The minimum absolute atomic E-state index is 0.109. The number of carbonyl (C=O) groups is 4. The number of nitrogens with zero attached hydrogens (tertiary/aromatic N) is 1. The van der Waals surface area contributed by atoms with Crippen LogP contribution in [0.15, 0.2) is 0 Å². The first kappa shape index (κ1) is 24.7. The molecule has 1 N–H and O–H groups in total. The number of ether oxygens (including phenoxy) is 2. The minimum Gasteiger partial charge on any atom is -0.424 e. The van der Waals surface area contributed by atoms with E-state index in [4.69, 9.17) is 9.47 Å². The Morgan fingerprint density at radius 1 is 1.14 bits per heavy atom. The minimum atomic E-state index is -5.16. The van der Waals surface area contributed by atoms with Gasteiger partial charge in [-0.15, -0.1) is 0 Å². The zero-order valence-corrected chi connectivity index (χ0v) is 17.1. The molecule has 0 saturated heterocycles. The number of likely N-dealkylation sites (N-methyl/N-ethyl adjacent to an activating group) is 1. The molecule has 166 valence electrons. The van der Waals surface area contributed by atoms with Crippen LogP contribution in [0.5, 0.6) is 0 Å². The standard InChI is InChI=1S/C18H27F3N2O6/c1-10(2)13(22-15(26)18(19,20)21)14(25)28-11(3)29-16(27)23(5)17(4)9-7-6-8-12(17)24/h10-11,13H,6-9H2,1-5H3,(H,22,26)/t11?,13?,17-/m1/s1. The Morgan fingerprint density at radius 3 is 2.21 bits per heavy atom. The van der Waals surface area contributed by atoms with Gasteiger partial charge in [-0.3, -0.25) is 14.5 Å². The molecular formula is C18H27F3N2O6. The van der Waals surface area contributed by atoms with Gasteiger partial charge in [0, 0.05) is 20.4 Å². The van der Waals surface area contributed by atoms with Crippen LogP contribution >= 0.6 is 0 Å². The van der Waals surface area contributed by atoms with E-state index in [1.54, 1.807) is 12.2 Å². The highest BCUT2D eigenvalue weighted by atomic mass is 19.4. The molecule has 0 spiro atoms. The van der Waals surface area contributed by atoms with Gasteiger partial charge >= 0.3 is 24.1 Å². The fourth-order valence-electron chi connectivity index (χ4n) is 2.92. The van der Waals surface area contributed by atoms with Crippen molar-refractivity contribution in [3.05, 3.63) is 0 Å². The first-order valence-electron chi connectivity index (χ1n) is 9.26. The molecule has 3 atom stereocenters. The van der Waals surface area contributed by atoms with E-state index in [-0.39, 0.29) is 5.78 Å². The molecule has 0 aliphatic heterocycles. The van der Waals surface area contributed by atoms with Crippen LogP contribution in [0, 0.1) is 5.92 Å². The first-order valence-corrected chi connectivity index (χ1v) is 9.26. The summed E-state index contributed by atoms with van der Waals surface area (Å²) in [7, 11) is 1.39. The van der Waals surface area contributed by atoms with Crippen molar-refractivity contribution in [1.82, 2.24) is 10.2 Å². The largest absolute Gasteiger partial charge is 0.471 e. The lowest BCUT2D eigenvalue weighted by atomic mass is 9.81. The number of halogens is 3. The summed E-state index contributed by atoms with van der Waals surface area (Å²) in [5.74, 6) is -4.28. The third-order valence-corrected chi connectivity index (χ3v) is 4.95. The molecule has 1 fully saturated rings. The highest BCUT2D eigenvalue weighted by Gasteiger charge is 2.43. The van der Waals surface area contributed by atoms with E-state index in [0.717, 1.165) is 17.7 Å². The lowest BCUT2D eigenvalue weighted by molar-refractivity contribution is -0.180. The van der Waals surface area contributed by atoms with Crippen LogP contribution in [0.2, 0.25) is 0 Å². The second-order valence-corrected chi connectivity index (χ2v) is 7.54. The molecule has 2 amide bonds. The molecule has 0 aromatic rings. The number of amides is 2. The normalized spacial score (nSPS) is 21.9. The van der Waals surface area contributed by atoms with Crippen molar-refractivity contribution in [3.63, 3.8) is 0 Å². The van der Waals surface area contributed by atoms with Crippen molar-refractivity contribution in [2.45, 2.75) is 77.4 Å². The highest BCUT2D eigenvalue weighted by Crippen LogP contribution is 2.30. The fraction of sp³-hybridized carbons (Fsp3) is 0.778. The Balaban J connectivity index is 2.72. The maximum atomic E-state index is 12.4. The molecule has 11 heteroatoms. The Labute approximate surface area is 167 Å². The molecule has 2 unspecified atom stereocenters. The molecule has 1 saturated carbocycles. The molecule has 8 nitrogen and oxygen atoms in total. The van der Waals surface area contributed by atoms with E-state index in [9.17, 15) is 32.3 Å². The number of hydrogen-bond acceptors (Lipinski definition) is 6. The zero-order chi connectivity index (χ0) is 22.6. The zero-order valence-electron chi connectivity index (χ0n) is 17.1. The average molecular weight is 424 g/mol. The number of Topliss-reactive ketones (excluding diaryl/α,β-unsaturated/α-hetero) is 1. The predicted octanol–water partition coefficient (Wildman–Crippen LogP) is 2.55. The van der Waals surface area contributed by atoms with Gasteiger partial charge < -0.3 is 14.8 Å². The third kappa shape index (κ3) is 6.33. The number of nitrogens with one attached hydrogen (secondary N) is 1. The SMILES string of the molecule is CC(OC(=O)C(NC(=O)C(F)(F)F)C(C)C)OC(=O)N(C)[C@]1(C)CCCCC1=O. The fourth-order valence-corrected chi connectivity index (χ4v) is 2.92. The van der Waals surface area contributed by atoms with Crippen LogP contribution in [0.1, 0.15) is 53.4 Å². The van der Waals surface area contributed by atoms with Gasteiger partial charge in [-0.1, -0.05) is 20.3 Å². The van der Waals surface area contributed by atoms with Crippen LogP contribution in [0.25, 0.3) is 0 Å². The molecule has 0 aromatic heterocycles. The van der Waals surface area contributed by atoms with E-state index in [0.29, 0.717) is 12.8 Å². The molecule has 1 rings (SSSR count). The van der Waals surface area contributed by atoms with Gasteiger partial charge in [0.1, 0.15) is 11.6 Å². The lowest BCUT2D eigenvalue weighted by Crippen LogP contribution is -2.55. The number of rotatable bonds is 6. The molecular weight excluding hydrogens is 397 g/mol. The summed E-state index contributed by atoms with van der Waals surface area (Å²) >= 11 is 0. The smallest absolute Gasteiger partial charge is 0.424 e. The Hall–Kier alpha value is -2.33. The molecule has 0 bridgehead atoms. The van der Waals surface area contributed by atoms with Crippen LogP contribution in [-0.4, -0.2) is 59.7 Å². The van der Waals surface area contributed by atoms with E-state index in [2.05, 4.69) is 0 Å². The van der Waals surface area contributed by atoms with Crippen molar-refractivity contribution in [2.24, 2.45) is 5.92 Å². The van der Waals surface area contributed by atoms with Crippen molar-refractivity contribution in [3.8, 4) is 0 Å².